The lowest BCUT2D eigenvalue weighted by molar-refractivity contribution is -0.127. The van der Waals surface area contributed by atoms with E-state index in [4.69, 9.17) is 0 Å². The number of aromatic nitrogens is 1. The predicted octanol–water partition coefficient (Wildman–Crippen LogP) is 7.40. The third kappa shape index (κ3) is 11.4. The summed E-state index contributed by atoms with van der Waals surface area (Å²) in [7, 11) is 0. The van der Waals surface area contributed by atoms with Gasteiger partial charge < -0.3 is 4.90 Å². The summed E-state index contributed by atoms with van der Waals surface area (Å²) in [5.74, 6) is 0.468. The van der Waals surface area contributed by atoms with Crippen LogP contribution in [0.25, 0.3) is 0 Å². The van der Waals surface area contributed by atoms with Crippen LogP contribution in [-0.2, 0) is 6.42 Å². The largest absolute Gasteiger partial charge is 0.393 e. The Bertz CT molecular complexity index is 844. The van der Waals surface area contributed by atoms with Crippen molar-refractivity contribution in [3.63, 3.8) is 0 Å². The number of pyridine rings is 1. The standard InChI is InChI=1S/C25H29F5N2/c1-4-6-8-21(5-2)14-16-32(19-22(9-7-15-26)11-10-20(3)27)24-13-12-23(18-31-24)17-25(28,29)30/h4-13,15,18,20H,1,14,16-17,19H2,2-3H3/b8-6-,11-10-,15-7+,21-5+,22-9+. The lowest BCUT2D eigenvalue weighted by atomic mass is 10.1. The van der Waals surface area contributed by atoms with Crippen LogP contribution in [0.4, 0.5) is 27.8 Å². The average Bonchev–Trinajstić information content (AvgIpc) is 2.73. The maximum Gasteiger partial charge on any atom is 0.393 e. The van der Waals surface area contributed by atoms with E-state index in [0.717, 1.165) is 5.57 Å². The molecule has 1 rings (SSSR count). The minimum atomic E-state index is -4.32. The first-order chi connectivity index (χ1) is 15.2. The Hall–Kier alpha value is -2.96. The Labute approximate surface area is 186 Å². The monoisotopic (exact) mass is 452 g/mol. The van der Waals surface area contributed by atoms with Gasteiger partial charge in [-0.25, -0.2) is 13.8 Å². The van der Waals surface area contributed by atoms with Gasteiger partial charge in [0.1, 0.15) is 12.0 Å². The van der Waals surface area contributed by atoms with E-state index in [9.17, 15) is 22.0 Å². The van der Waals surface area contributed by atoms with Crippen LogP contribution in [0.1, 0.15) is 25.8 Å². The van der Waals surface area contributed by atoms with Gasteiger partial charge in [-0.15, -0.1) is 0 Å². The molecule has 1 atom stereocenters. The first kappa shape index (κ1) is 27.1. The van der Waals surface area contributed by atoms with Gasteiger partial charge in [0, 0.05) is 19.3 Å². The van der Waals surface area contributed by atoms with Crippen LogP contribution in [0, 0.1) is 0 Å². The van der Waals surface area contributed by atoms with Crippen molar-refractivity contribution in [2.24, 2.45) is 0 Å². The lowest BCUT2D eigenvalue weighted by Gasteiger charge is -2.25. The molecular formula is C25H29F5N2. The van der Waals surface area contributed by atoms with Gasteiger partial charge in [0.15, 0.2) is 0 Å². The lowest BCUT2D eigenvalue weighted by Crippen LogP contribution is -2.28. The topological polar surface area (TPSA) is 16.1 Å². The highest BCUT2D eigenvalue weighted by molar-refractivity contribution is 5.44. The summed E-state index contributed by atoms with van der Waals surface area (Å²) < 4.78 is 63.8. The van der Waals surface area contributed by atoms with E-state index in [-0.39, 0.29) is 12.1 Å². The second kappa shape index (κ2) is 14.2. The Balaban J connectivity index is 3.18. The first-order valence-corrected chi connectivity index (χ1v) is 10.2. The van der Waals surface area contributed by atoms with E-state index in [1.165, 1.54) is 43.5 Å². The van der Waals surface area contributed by atoms with E-state index in [1.807, 2.05) is 30.1 Å². The molecule has 0 fully saturated rings. The number of hydrogen-bond donors (Lipinski definition) is 0. The number of anilines is 1. The first-order valence-electron chi connectivity index (χ1n) is 10.2. The van der Waals surface area contributed by atoms with Crippen LogP contribution in [0.3, 0.4) is 0 Å². The van der Waals surface area contributed by atoms with Crippen molar-refractivity contribution in [1.29, 1.82) is 0 Å². The maximum absolute atomic E-state index is 13.3. The van der Waals surface area contributed by atoms with Crippen molar-refractivity contribution in [2.75, 3.05) is 18.0 Å². The SMILES string of the molecule is C=C/C=C\C(=C/C)CCN(CC(/C=C\C(C)F)=C/C=C/F)c1ccc(CC(F)(F)F)cn1. The minimum absolute atomic E-state index is 0.0616. The third-order valence-corrected chi connectivity index (χ3v) is 4.36. The smallest absolute Gasteiger partial charge is 0.352 e. The van der Waals surface area contributed by atoms with Gasteiger partial charge in [0.25, 0.3) is 0 Å². The molecule has 1 heterocycles. The Morgan fingerprint density at radius 3 is 2.47 bits per heavy atom. The minimum Gasteiger partial charge on any atom is -0.352 e. The van der Waals surface area contributed by atoms with E-state index in [0.29, 0.717) is 30.7 Å². The van der Waals surface area contributed by atoms with Gasteiger partial charge in [-0.05, 0) is 43.5 Å². The van der Waals surface area contributed by atoms with Crippen molar-refractivity contribution in [3.8, 4) is 0 Å². The van der Waals surface area contributed by atoms with Gasteiger partial charge in [0.2, 0.25) is 0 Å². The summed E-state index contributed by atoms with van der Waals surface area (Å²) in [6.45, 7) is 7.68. The van der Waals surface area contributed by atoms with Crippen molar-refractivity contribution in [1.82, 2.24) is 4.98 Å². The number of halogens is 5. The average molecular weight is 453 g/mol. The molecule has 0 aliphatic carbocycles. The van der Waals surface area contributed by atoms with Gasteiger partial charge in [-0.2, -0.15) is 13.2 Å². The van der Waals surface area contributed by atoms with E-state index < -0.39 is 18.8 Å². The highest BCUT2D eigenvalue weighted by Crippen LogP contribution is 2.23. The predicted molar refractivity (Wildman–Crippen MR) is 122 cm³/mol. The zero-order valence-electron chi connectivity index (χ0n) is 18.3. The fraction of sp³-hybridized carbons (Fsp3) is 0.320. The van der Waals surface area contributed by atoms with E-state index >= 15 is 0 Å². The van der Waals surface area contributed by atoms with Crippen LogP contribution in [-0.4, -0.2) is 30.4 Å². The third-order valence-electron chi connectivity index (χ3n) is 4.36. The molecular weight excluding hydrogens is 423 g/mol. The fourth-order valence-electron chi connectivity index (χ4n) is 2.79. The Morgan fingerprint density at radius 1 is 1.19 bits per heavy atom. The van der Waals surface area contributed by atoms with Crippen LogP contribution in [0.5, 0.6) is 0 Å². The quantitative estimate of drug-likeness (QED) is 0.243. The molecule has 174 valence electrons. The number of allylic oxidation sites excluding steroid dienone is 7. The zero-order valence-corrected chi connectivity index (χ0v) is 18.3. The molecule has 0 bridgehead atoms. The normalized spacial score (nSPS) is 14.6. The van der Waals surface area contributed by atoms with Crippen molar-refractivity contribution in [3.05, 3.63) is 96.6 Å². The summed E-state index contributed by atoms with van der Waals surface area (Å²) in [6, 6.07) is 2.92. The second-order valence-electron chi connectivity index (χ2n) is 7.04. The van der Waals surface area contributed by atoms with Gasteiger partial charge in [0.05, 0.1) is 12.8 Å². The van der Waals surface area contributed by atoms with Gasteiger partial charge in [-0.3, -0.25) is 0 Å². The second-order valence-corrected chi connectivity index (χ2v) is 7.04. The number of rotatable bonds is 12. The molecule has 2 nitrogen and oxygen atoms in total. The fourth-order valence-corrected chi connectivity index (χ4v) is 2.79. The molecule has 0 saturated heterocycles. The molecule has 7 heteroatoms. The van der Waals surface area contributed by atoms with Crippen molar-refractivity contribution < 1.29 is 22.0 Å². The number of nitrogens with zero attached hydrogens (tertiary/aromatic N) is 2. The molecule has 0 amide bonds. The van der Waals surface area contributed by atoms with Crippen molar-refractivity contribution >= 4 is 5.82 Å². The maximum atomic E-state index is 13.3. The number of hydrogen-bond acceptors (Lipinski definition) is 2. The van der Waals surface area contributed by atoms with Crippen LogP contribution < -0.4 is 4.90 Å². The summed E-state index contributed by atoms with van der Waals surface area (Å²) in [5.41, 5.74) is 1.71. The summed E-state index contributed by atoms with van der Waals surface area (Å²) >= 11 is 0. The summed E-state index contributed by atoms with van der Waals surface area (Å²) in [6.07, 6.45) is 8.61. The summed E-state index contributed by atoms with van der Waals surface area (Å²) in [5, 5.41) is 0. The van der Waals surface area contributed by atoms with Gasteiger partial charge >= 0.3 is 6.18 Å². The van der Waals surface area contributed by atoms with Gasteiger partial charge in [-0.1, -0.05) is 60.8 Å². The highest BCUT2D eigenvalue weighted by Gasteiger charge is 2.27. The molecule has 0 spiro atoms. The summed E-state index contributed by atoms with van der Waals surface area (Å²) in [4.78, 5) is 6.07. The molecule has 0 aliphatic rings. The molecule has 0 aromatic carbocycles. The van der Waals surface area contributed by atoms with E-state index in [1.54, 1.807) is 12.2 Å². The molecule has 1 aromatic rings. The Kier molecular flexibility index (Phi) is 12.0. The molecule has 0 radical (unpaired) electrons. The van der Waals surface area contributed by atoms with Crippen LogP contribution in [0.15, 0.2) is 91.0 Å². The molecule has 0 aliphatic heterocycles. The molecule has 32 heavy (non-hydrogen) atoms. The number of alkyl halides is 4. The molecule has 1 unspecified atom stereocenters. The van der Waals surface area contributed by atoms with Crippen molar-refractivity contribution in [2.45, 2.75) is 39.0 Å². The molecule has 1 aromatic heterocycles. The highest BCUT2D eigenvalue weighted by atomic mass is 19.4. The van der Waals surface area contributed by atoms with Crippen LogP contribution >= 0.6 is 0 Å². The zero-order chi connectivity index (χ0) is 24.0. The Morgan fingerprint density at radius 2 is 1.94 bits per heavy atom. The van der Waals surface area contributed by atoms with Crippen LogP contribution in [0.2, 0.25) is 0 Å². The molecule has 0 N–H and O–H groups in total. The van der Waals surface area contributed by atoms with E-state index in [2.05, 4.69) is 11.6 Å². The molecule has 0 saturated carbocycles.